The number of carbonyl (C=O) groups is 2. The van der Waals surface area contributed by atoms with E-state index in [0.717, 1.165) is 4.70 Å². The molecule has 1 atom stereocenters. The number of hydrogen-bond donors (Lipinski definition) is 2. The second-order valence-corrected chi connectivity index (χ2v) is 6.63. The molecular formula is C18H13N4O5S-. The molecule has 2 aromatic carbocycles. The Morgan fingerprint density at radius 3 is 2.64 bits per heavy atom. The van der Waals surface area contributed by atoms with Gasteiger partial charge in [0.2, 0.25) is 5.78 Å². The normalized spacial score (nSPS) is 11.5. The average Bonchev–Trinajstić information content (AvgIpc) is 3.09. The average molecular weight is 397 g/mol. The van der Waals surface area contributed by atoms with Crippen LogP contribution in [-0.2, 0) is 9.59 Å². The Bertz CT molecular complexity index is 1070. The number of fused-ring (bicyclic) bond motifs is 1. The summed E-state index contributed by atoms with van der Waals surface area (Å²) in [6.45, 7) is 0. The monoisotopic (exact) mass is 397 g/mol. The van der Waals surface area contributed by atoms with Crippen molar-refractivity contribution in [1.82, 2.24) is 4.98 Å². The fourth-order valence-electron chi connectivity index (χ4n) is 2.45. The molecule has 0 saturated carbocycles. The largest absolute Gasteiger partial charge is 0.733 e. The van der Waals surface area contributed by atoms with E-state index >= 15 is 0 Å². The van der Waals surface area contributed by atoms with Crippen molar-refractivity contribution in [2.75, 3.05) is 17.7 Å². The summed E-state index contributed by atoms with van der Waals surface area (Å²) in [5.74, 6) is -2.66. The molecule has 0 radical (unpaired) electrons. The van der Waals surface area contributed by atoms with Crippen LogP contribution >= 0.6 is 11.3 Å². The van der Waals surface area contributed by atoms with Crippen LogP contribution in [0.25, 0.3) is 10.2 Å². The number of Topliss-reactive ketones (excluding diaryl/α,β-unsaturated/α-hetero) is 1. The highest BCUT2D eigenvalue weighted by molar-refractivity contribution is 7.22. The van der Waals surface area contributed by atoms with Crippen molar-refractivity contribution >= 4 is 44.1 Å². The molecule has 0 aliphatic rings. The molecule has 1 amide bonds. The Balaban J connectivity index is 1.77. The van der Waals surface area contributed by atoms with Gasteiger partial charge in [-0.05, 0) is 35.9 Å². The van der Waals surface area contributed by atoms with Crippen LogP contribution in [-0.4, -0.2) is 29.0 Å². The molecule has 142 valence electrons. The second-order valence-electron chi connectivity index (χ2n) is 5.60. The highest BCUT2D eigenvalue weighted by Gasteiger charge is 2.27. The Kier molecular flexibility index (Phi) is 5.51. The second kappa shape index (κ2) is 8.01. The zero-order valence-electron chi connectivity index (χ0n) is 14.4. The summed E-state index contributed by atoms with van der Waals surface area (Å²) in [5.41, 5.74) is 0.789. The van der Waals surface area contributed by atoms with Gasteiger partial charge in [0.05, 0.1) is 29.1 Å². The third kappa shape index (κ3) is 3.91. The third-order valence-corrected chi connectivity index (χ3v) is 4.81. The minimum Gasteiger partial charge on any atom is -0.733 e. The number of ketones is 1. The first kappa shape index (κ1) is 19.2. The van der Waals surface area contributed by atoms with Crippen molar-refractivity contribution in [3.63, 3.8) is 0 Å². The molecule has 1 heterocycles. The van der Waals surface area contributed by atoms with E-state index in [1.54, 1.807) is 24.3 Å². The van der Waals surface area contributed by atoms with Crippen LogP contribution in [0.5, 0.6) is 5.75 Å². The van der Waals surface area contributed by atoms with E-state index in [4.69, 9.17) is 9.94 Å². The van der Waals surface area contributed by atoms with Crippen molar-refractivity contribution in [1.29, 1.82) is 5.26 Å². The lowest BCUT2D eigenvalue weighted by Crippen LogP contribution is -2.27. The standard InChI is InChI=1S/C18H13N4O5S/c1-27-12-6-7-14-15(8-12)28-18(20-14)21-17(24)16(23)13(9-19)10-2-4-11(5-3-10)22(25)26/h2-8,13,25H,1H3,(H,20,21,24)/q-1. The highest BCUT2D eigenvalue weighted by Crippen LogP contribution is 2.29. The number of nitrogens with zero attached hydrogens (tertiary/aromatic N) is 3. The highest BCUT2D eigenvalue weighted by atomic mass is 32.1. The molecule has 0 spiro atoms. The molecule has 3 aromatic rings. The van der Waals surface area contributed by atoms with E-state index < -0.39 is 17.6 Å². The Morgan fingerprint density at radius 2 is 2.04 bits per heavy atom. The van der Waals surface area contributed by atoms with E-state index in [-0.39, 0.29) is 21.6 Å². The topological polar surface area (TPSA) is 139 Å². The number of nitrogens with one attached hydrogen (secondary N) is 1. The van der Waals surface area contributed by atoms with Gasteiger partial charge in [0.1, 0.15) is 11.7 Å². The van der Waals surface area contributed by atoms with E-state index in [0.29, 0.717) is 11.3 Å². The molecule has 0 saturated heterocycles. The van der Waals surface area contributed by atoms with Gasteiger partial charge in [-0.15, -0.1) is 0 Å². The van der Waals surface area contributed by atoms with Gasteiger partial charge in [-0.2, -0.15) is 5.26 Å². The van der Waals surface area contributed by atoms with Gasteiger partial charge in [-0.1, -0.05) is 23.5 Å². The smallest absolute Gasteiger partial charge is 0.295 e. The van der Waals surface area contributed by atoms with Crippen LogP contribution in [0.1, 0.15) is 11.5 Å². The number of ether oxygens (including phenoxy) is 1. The minimum absolute atomic E-state index is 0.0674. The molecule has 10 heteroatoms. The van der Waals surface area contributed by atoms with Crippen molar-refractivity contribution < 1.29 is 19.5 Å². The summed E-state index contributed by atoms with van der Waals surface area (Å²) in [6.07, 6.45) is 0. The summed E-state index contributed by atoms with van der Waals surface area (Å²) < 4.78 is 5.90. The first-order chi connectivity index (χ1) is 13.4. The summed E-state index contributed by atoms with van der Waals surface area (Å²) in [7, 11) is 1.53. The summed E-state index contributed by atoms with van der Waals surface area (Å²) >= 11 is 1.17. The van der Waals surface area contributed by atoms with Gasteiger partial charge in [-0.25, -0.2) is 4.98 Å². The number of methoxy groups -OCH3 is 1. The lowest BCUT2D eigenvalue weighted by molar-refractivity contribution is -0.135. The number of carbonyl (C=O) groups excluding carboxylic acids is 2. The lowest BCUT2D eigenvalue weighted by atomic mass is 9.95. The fraction of sp³-hybridized carbons (Fsp3) is 0.111. The van der Waals surface area contributed by atoms with Crippen molar-refractivity contribution in [3.05, 3.63) is 53.2 Å². The van der Waals surface area contributed by atoms with Crippen LogP contribution in [0.15, 0.2) is 42.5 Å². The first-order valence-electron chi connectivity index (χ1n) is 7.88. The van der Waals surface area contributed by atoms with Gasteiger partial charge < -0.3 is 15.2 Å². The van der Waals surface area contributed by atoms with E-state index in [1.807, 2.05) is 0 Å². The Morgan fingerprint density at radius 1 is 1.32 bits per heavy atom. The number of benzene rings is 2. The van der Waals surface area contributed by atoms with Crippen LogP contribution in [0.2, 0.25) is 0 Å². The number of amides is 1. The number of anilines is 2. The van der Waals surface area contributed by atoms with Crippen molar-refractivity contribution in [3.8, 4) is 11.8 Å². The van der Waals surface area contributed by atoms with Gasteiger partial charge in [-0.3, -0.25) is 20.1 Å². The lowest BCUT2D eigenvalue weighted by Gasteiger charge is -2.21. The maximum atomic E-state index is 12.4. The molecule has 0 aliphatic heterocycles. The molecular weight excluding hydrogens is 384 g/mol. The molecule has 1 unspecified atom stereocenters. The van der Waals surface area contributed by atoms with E-state index in [9.17, 15) is 20.1 Å². The number of thiazole rings is 1. The van der Waals surface area contributed by atoms with E-state index in [1.165, 1.54) is 42.7 Å². The molecule has 0 bridgehead atoms. The van der Waals surface area contributed by atoms with Crippen LogP contribution in [0.3, 0.4) is 0 Å². The van der Waals surface area contributed by atoms with Gasteiger partial charge >= 0.3 is 0 Å². The zero-order valence-corrected chi connectivity index (χ0v) is 15.3. The maximum Gasteiger partial charge on any atom is 0.295 e. The van der Waals surface area contributed by atoms with Gasteiger partial charge in [0.25, 0.3) is 5.91 Å². The molecule has 1 aromatic heterocycles. The molecule has 9 nitrogen and oxygen atoms in total. The number of nitriles is 1. The van der Waals surface area contributed by atoms with Crippen LogP contribution in [0, 0.1) is 16.5 Å². The molecule has 28 heavy (non-hydrogen) atoms. The fourth-order valence-corrected chi connectivity index (χ4v) is 3.34. The van der Waals surface area contributed by atoms with Crippen LogP contribution < -0.4 is 15.3 Å². The number of aromatic nitrogens is 1. The maximum absolute atomic E-state index is 12.4. The first-order valence-corrected chi connectivity index (χ1v) is 8.70. The van der Waals surface area contributed by atoms with Crippen molar-refractivity contribution in [2.24, 2.45) is 0 Å². The molecule has 0 fully saturated rings. The van der Waals surface area contributed by atoms with Crippen molar-refractivity contribution in [2.45, 2.75) is 5.92 Å². The summed E-state index contributed by atoms with van der Waals surface area (Å²) in [5, 5.41) is 31.3. The van der Waals surface area contributed by atoms with Crippen LogP contribution in [0.4, 0.5) is 10.8 Å². The Hall–Kier alpha value is -3.52. The number of rotatable bonds is 6. The summed E-state index contributed by atoms with van der Waals surface area (Å²) in [4.78, 5) is 28.9. The molecule has 3 rings (SSSR count). The van der Waals surface area contributed by atoms with E-state index in [2.05, 4.69) is 10.3 Å². The third-order valence-electron chi connectivity index (χ3n) is 3.88. The predicted octanol–water partition coefficient (Wildman–Crippen LogP) is 2.81. The minimum atomic E-state index is -1.36. The van der Waals surface area contributed by atoms with Gasteiger partial charge in [0, 0.05) is 0 Å². The Labute approximate surface area is 162 Å². The SMILES string of the molecule is COc1ccc2nc(NC(=O)C(=O)C(C#N)c3ccc(N([O-])O)cc3)sc2c1. The zero-order chi connectivity index (χ0) is 20.3. The summed E-state index contributed by atoms with van der Waals surface area (Å²) in [6, 6.07) is 12.1. The molecule has 2 N–H and O–H groups in total. The number of hydrogen-bond acceptors (Lipinski definition) is 9. The van der Waals surface area contributed by atoms with Gasteiger partial charge in [0.15, 0.2) is 5.13 Å². The molecule has 0 aliphatic carbocycles. The predicted molar refractivity (Wildman–Crippen MR) is 102 cm³/mol. The quantitative estimate of drug-likeness (QED) is 0.478.